The molecule has 0 amide bonds. The lowest BCUT2D eigenvalue weighted by Gasteiger charge is -2.25. The zero-order valence-electron chi connectivity index (χ0n) is 42.3. The topological polar surface area (TPSA) is 108 Å². The number of nitrogens with zero attached hydrogens (tertiary/aromatic N) is 1. The highest BCUT2D eigenvalue weighted by atomic mass is 16.7. The highest BCUT2D eigenvalue weighted by molar-refractivity contribution is 5.71. The fourth-order valence-electron chi connectivity index (χ4n) is 6.31. The van der Waals surface area contributed by atoms with Crippen molar-refractivity contribution in [1.82, 2.24) is 0 Å². The molecule has 0 aliphatic heterocycles. The molecule has 0 aromatic rings. The van der Waals surface area contributed by atoms with Crippen LogP contribution < -0.4 is 0 Å². The summed E-state index contributed by atoms with van der Waals surface area (Å²) in [4.78, 5) is 37.2. The maximum Gasteiger partial charge on any atom is 0.361 e. The second-order valence-electron chi connectivity index (χ2n) is 17.7. The molecule has 0 aliphatic carbocycles. The van der Waals surface area contributed by atoms with Gasteiger partial charge in [0.15, 0.2) is 6.10 Å². The number of hydrogen-bond acceptors (Lipinski definition) is 7. The lowest BCUT2D eigenvalue weighted by atomic mass is 10.1. The molecule has 9 heteroatoms. The number of unbranched alkanes of at least 4 members (excludes halogenated alkanes) is 12. The summed E-state index contributed by atoms with van der Waals surface area (Å²) < 4.78 is 22.7. The summed E-state index contributed by atoms with van der Waals surface area (Å²) in [5.74, 6) is -2.07. The van der Waals surface area contributed by atoms with Gasteiger partial charge in [-0.1, -0.05) is 168 Å². The summed E-state index contributed by atoms with van der Waals surface area (Å²) in [5.41, 5.74) is 0. The Morgan fingerprint density at radius 1 is 0.470 bits per heavy atom. The Morgan fingerprint density at radius 2 is 0.864 bits per heavy atom. The van der Waals surface area contributed by atoms with Gasteiger partial charge in [-0.2, -0.15) is 0 Å². The zero-order valence-corrected chi connectivity index (χ0v) is 42.3. The van der Waals surface area contributed by atoms with E-state index in [0.717, 1.165) is 116 Å². The average molecular weight is 921 g/mol. The van der Waals surface area contributed by atoms with Crippen LogP contribution in [0.1, 0.15) is 174 Å². The first-order valence-corrected chi connectivity index (χ1v) is 25.6. The van der Waals surface area contributed by atoms with Crippen LogP contribution in [0.25, 0.3) is 0 Å². The Kier molecular flexibility index (Phi) is 44.5. The zero-order chi connectivity index (χ0) is 48.4. The summed E-state index contributed by atoms with van der Waals surface area (Å²) in [6, 6.07) is 0. The number of carbonyl (C=O) groups is 3. The molecular formula is C57H94NO8+. The van der Waals surface area contributed by atoms with Crippen LogP contribution in [0.15, 0.2) is 109 Å². The van der Waals surface area contributed by atoms with Crippen LogP contribution in [0.5, 0.6) is 0 Å². The third kappa shape index (κ3) is 47.9. The lowest BCUT2D eigenvalue weighted by Crippen LogP contribution is -2.40. The van der Waals surface area contributed by atoms with E-state index in [4.69, 9.17) is 18.9 Å². The summed E-state index contributed by atoms with van der Waals surface area (Å²) >= 11 is 0. The van der Waals surface area contributed by atoms with Gasteiger partial charge in [-0.25, -0.2) is 4.79 Å². The van der Waals surface area contributed by atoms with Crippen LogP contribution in [-0.4, -0.2) is 87.4 Å². The Labute approximate surface area is 403 Å². The van der Waals surface area contributed by atoms with E-state index in [-0.39, 0.29) is 38.6 Å². The highest BCUT2D eigenvalue weighted by Crippen LogP contribution is 2.12. The quantitative estimate of drug-likeness (QED) is 0.0212. The minimum atomic E-state index is -1.52. The molecule has 0 radical (unpaired) electrons. The molecule has 0 rings (SSSR count). The molecule has 0 aromatic carbocycles. The Balaban J connectivity index is 4.38. The molecule has 0 saturated heterocycles. The molecule has 9 nitrogen and oxygen atoms in total. The Bertz CT molecular complexity index is 1440. The van der Waals surface area contributed by atoms with Gasteiger partial charge in [0.1, 0.15) is 13.2 Å². The van der Waals surface area contributed by atoms with Crippen LogP contribution in [0.3, 0.4) is 0 Å². The number of esters is 2. The van der Waals surface area contributed by atoms with Crippen molar-refractivity contribution in [2.75, 3.05) is 47.5 Å². The van der Waals surface area contributed by atoms with Crippen molar-refractivity contribution >= 4 is 17.9 Å². The van der Waals surface area contributed by atoms with E-state index in [1.807, 2.05) is 21.1 Å². The number of quaternary nitrogens is 1. The molecule has 1 N–H and O–H groups in total. The maximum atomic E-state index is 12.8. The number of likely N-dealkylation sites (N-methyl/N-ethyl adjacent to an activating group) is 1. The first kappa shape index (κ1) is 62.0. The van der Waals surface area contributed by atoms with Crippen LogP contribution in [0.2, 0.25) is 0 Å². The predicted molar refractivity (Wildman–Crippen MR) is 276 cm³/mol. The van der Waals surface area contributed by atoms with E-state index in [9.17, 15) is 19.5 Å². The summed E-state index contributed by atoms with van der Waals surface area (Å²) in [6.45, 7) is 4.66. The molecule has 374 valence electrons. The SMILES string of the molecule is CC/C=C\C/C=C\C/C=C\C/C=C\C/C=C\C/C=C\C/C=C\C/C=C\CCCCCCC(=O)OC(COC(=O)CCCCCCC/C=C\CCCCC)COC(OCC[N+](C)(C)C)C(=O)O. The fourth-order valence-corrected chi connectivity index (χ4v) is 6.31. The summed E-state index contributed by atoms with van der Waals surface area (Å²) in [7, 11) is 5.93. The van der Waals surface area contributed by atoms with E-state index in [0.29, 0.717) is 17.4 Å². The molecule has 0 saturated carbocycles. The van der Waals surface area contributed by atoms with E-state index in [1.165, 1.54) is 25.7 Å². The van der Waals surface area contributed by atoms with Crippen molar-refractivity contribution in [2.45, 2.75) is 187 Å². The molecule has 0 fully saturated rings. The van der Waals surface area contributed by atoms with Gasteiger partial charge in [0.2, 0.25) is 0 Å². The van der Waals surface area contributed by atoms with Crippen LogP contribution in [0, 0.1) is 0 Å². The van der Waals surface area contributed by atoms with Gasteiger partial charge in [-0.3, -0.25) is 9.59 Å². The molecule has 0 aromatic heterocycles. The average Bonchev–Trinajstić information content (AvgIpc) is 3.28. The number of rotatable bonds is 45. The van der Waals surface area contributed by atoms with Gasteiger partial charge in [-0.15, -0.1) is 0 Å². The van der Waals surface area contributed by atoms with Crippen molar-refractivity contribution in [2.24, 2.45) is 0 Å². The lowest BCUT2D eigenvalue weighted by molar-refractivity contribution is -0.870. The smallest absolute Gasteiger partial charge is 0.361 e. The summed E-state index contributed by atoms with van der Waals surface area (Å²) in [6.07, 6.45) is 61.6. The number of carboxylic acids is 1. The predicted octanol–water partition coefficient (Wildman–Crippen LogP) is 14.4. The highest BCUT2D eigenvalue weighted by Gasteiger charge is 2.25. The first-order chi connectivity index (χ1) is 32.1. The minimum absolute atomic E-state index is 0.175. The van der Waals surface area contributed by atoms with Gasteiger partial charge in [0.05, 0.1) is 34.4 Å². The number of aliphatic carboxylic acids is 1. The maximum absolute atomic E-state index is 12.8. The van der Waals surface area contributed by atoms with E-state index in [2.05, 4.69) is 123 Å². The monoisotopic (exact) mass is 921 g/mol. The first-order valence-electron chi connectivity index (χ1n) is 25.6. The van der Waals surface area contributed by atoms with Crippen molar-refractivity contribution < 1.29 is 42.9 Å². The van der Waals surface area contributed by atoms with Crippen LogP contribution >= 0.6 is 0 Å². The molecule has 2 unspecified atom stereocenters. The number of carboxylic acid groups (broad SMARTS) is 1. The van der Waals surface area contributed by atoms with Gasteiger partial charge in [-0.05, 0) is 103 Å². The molecular weight excluding hydrogens is 827 g/mol. The standard InChI is InChI=1S/C57H93NO8/c1-6-8-10-12-14-16-18-20-21-22-23-24-25-26-27-28-29-30-31-32-33-34-35-36-38-40-42-44-46-48-55(60)66-53(52-65-57(56(61)62)63-50-49-58(3,4)5)51-64-54(59)47-45-43-41-39-37-19-17-15-13-11-9-7-2/h8,10,14-17,20-21,23-24,26-27,29-30,32-33,35-36,53,57H,6-7,9,11-13,18-19,22,25,28,31,34,37-52H2,1-5H3/p+1/b10-8-,16-14-,17-15-,21-20-,24-23-,27-26-,30-29-,33-32-,36-35-. The largest absolute Gasteiger partial charge is 0.477 e. The number of ether oxygens (including phenoxy) is 4. The van der Waals surface area contributed by atoms with E-state index >= 15 is 0 Å². The fraction of sp³-hybridized carbons (Fsp3) is 0.632. The van der Waals surface area contributed by atoms with Gasteiger partial charge in [0.25, 0.3) is 6.29 Å². The second kappa shape index (κ2) is 47.4. The molecule has 0 bridgehead atoms. The molecule has 66 heavy (non-hydrogen) atoms. The van der Waals surface area contributed by atoms with Gasteiger partial charge >= 0.3 is 17.9 Å². The van der Waals surface area contributed by atoms with Crippen LogP contribution in [0.4, 0.5) is 0 Å². The third-order valence-electron chi connectivity index (χ3n) is 10.3. The second-order valence-corrected chi connectivity index (χ2v) is 17.7. The summed E-state index contributed by atoms with van der Waals surface area (Å²) in [5, 5.41) is 9.66. The third-order valence-corrected chi connectivity index (χ3v) is 10.3. The van der Waals surface area contributed by atoms with Gasteiger partial charge < -0.3 is 28.5 Å². The Hall–Kier alpha value is -4.05. The molecule has 0 heterocycles. The van der Waals surface area contributed by atoms with E-state index < -0.39 is 24.3 Å². The molecule has 2 atom stereocenters. The number of hydrogen-bond donors (Lipinski definition) is 1. The van der Waals surface area contributed by atoms with E-state index in [1.54, 1.807) is 0 Å². The number of allylic oxidation sites excluding steroid dienone is 18. The minimum Gasteiger partial charge on any atom is -0.477 e. The van der Waals surface area contributed by atoms with Crippen LogP contribution in [-0.2, 0) is 33.3 Å². The Morgan fingerprint density at radius 3 is 1.30 bits per heavy atom. The molecule has 0 aliphatic rings. The van der Waals surface area contributed by atoms with Gasteiger partial charge in [0, 0.05) is 12.8 Å². The van der Waals surface area contributed by atoms with Crippen molar-refractivity contribution in [3.8, 4) is 0 Å². The molecule has 0 spiro atoms. The van der Waals surface area contributed by atoms with Crippen molar-refractivity contribution in [1.29, 1.82) is 0 Å². The van der Waals surface area contributed by atoms with Crippen molar-refractivity contribution in [3.05, 3.63) is 109 Å². The number of carbonyl (C=O) groups excluding carboxylic acids is 2. The van der Waals surface area contributed by atoms with Crippen molar-refractivity contribution in [3.63, 3.8) is 0 Å². The normalized spacial score (nSPS) is 13.8.